The monoisotopic (exact) mass is 432 g/mol. The summed E-state index contributed by atoms with van der Waals surface area (Å²) in [5.74, 6) is 1.16. The van der Waals surface area contributed by atoms with Crippen LogP contribution in [0.25, 0.3) is 0 Å². The minimum atomic E-state index is -3.57. The van der Waals surface area contributed by atoms with Crippen molar-refractivity contribution in [2.45, 2.75) is 31.2 Å². The van der Waals surface area contributed by atoms with Gasteiger partial charge in [-0.25, -0.2) is 8.42 Å². The van der Waals surface area contributed by atoms with Crippen LogP contribution < -0.4 is 14.8 Å². The predicted octanol–water partition coefficient (Wildman–Crippen LogP) is 2.73. The zero-order valence-corrected chi connectivity index (χ0v) is 18.4. The van der Waals surface area contributed by atoms with Crippen LogP contribution in [0.4, 0.5) is 0 Å². The SMILES string of the molecule is COc1ccc(S(=O)(=O)N2CCC(C(=O)NCc3ccc(C)c(OC)c3)CC2)cc1. The maximum atomic E-state index is 12.8. The van der Waals surface area contributed by atoms with Crippen molar-refractivity contribution in [3.05, 3.63) is 53.6 Å². The molecule has 1 saturated heterocycles. The lowest BCUT2D eigenvalue weighted by atomic mass is 9.97. The minimum absolute atomic E-state index is 0.0453. The Bertz CT molecular complexity index is 981. The van der Waals surface area contributed by atoms with Gasteiger partial charge >= 0.3 is 0 Å². The third-order valence-electron chi connectivity index (χ3n) is 5.46. The van der Waals surface area contributed by atoms with E-state index in [4.69, 9.17) is 9.47 Å². The Hall–Kier alpha value is -2.58. The fraction of sp³-hybridized carbons (Fsp3) is 0.409. The average Bonchev–Trinajstić information content (AvgIpc) is 2.78. The first-order valence-electron chi connectivity index (χ1n) is 9.90. The number of methoxy groups -OCH3 is 2. The van der Waals surface area contributed by atoms with E-state index in [2.05, 4.69) is 5.32 Å². The largest absolute Gasteiger partial charge is 0.497 e. The number of carbonyl (C=O) groups excluding carboxylic acids is 1. The Labute approximate surface area is 178 Å². The van der Waals surface area contributed by atoms with Crippen LogP contribution in [-0.4, -0.2) is 45.9 Å². The van der Waals surface area contributed by atoms with Gasteiger partial charge < -0.3 is 14.8 Å². The van der Waals surface area contributed by atoms with Gasteiger partial charge in [0.2, 0.25) is 15.9 Å². The van der Waals surface area contributed by atoms with E-state index in [1.165, 1.54) is 11.4 Å². The molecular weight excluding hydrogens is 404 g/mol. The number of sulfonamides is 1. The molecule has 1 aliphatic heterocycles. The van der Waals surface area contributed by atoms with Crippen molar-refractivity contribution in [2.75, 3.05) is 27.3 Å². The van der Waals surface area contributed by atoms with E-state index in [1.54, 1.807) is 31.4 Å². The molecule has 0 spiro atoms. The number of amides is 1. The fourth-order valence-electron chi connectivity index (χ4n) is 3.56. The van der Waals surface area contributed by atoms with Crippen LogP contribution in [0.2, 0.25) is 0 Å². The van der Waals surface area contributed by atoms with Crippen molar-refractivity contribution < 1.29 is 22.7 Å². The Morgan fingerprint density at radius 3 is 2.33 bits per heavy atom. The van der Waals surface area contributed by atoms with E-state index in [0.717, 1.165) is 16.9 Å². The second-order valence-corrected chi connectivity index (χ2v) is 9.31. The van der Waals surface area contributed by atoms with Gasteiger partial charge in [0.1, 0.15) is 11.5 Å². The molecule has 0 unspecified atom stereocenters. The van der Waals surface area contributed by atoms with Crippen LogP contribution >= 0.6 is 0 Å². The second kappa shape index (κ2) is 9.49. The van der Waals surface area contributed by atoms with Crippen molar-refractivity contribution in [1.29, 1.82) is 0 Å². The topological polar surface area (TPSA) is 84.9 Å². The highest BCUT2D eigenvalue weighted by atomic mass is 32.2. The minimum Gasteiger partial charge on any atom is -0.497 e. The van der Waals surface area contributed by atoms with Crippen molar-refractivity contribution in [1.82, 2.24) is 9.62 Å². The number of hydrogen-bond acceptors (Lipinski definition) is 5. The summed E-state index contributed by atoms with van der Waals surface area (Å²) < 4.78 is 37.5. The van der Waals surface area contributed by atoms with Gasteiger partial charge in [0.05, 0.1) is 19.1 Å². The van der Waals surface area contributed by atoms with E-state index in [-0.39, 0.29) is 16.7 Å². The Morgan fingerprint density at radius 1 is 1.07 bits per heavy atom. The summed E-state index contributed by atoms with van der Waals surface area (Å²) in [6.07, 6.45) is 0.997. The van der Waals surface area contributed by atoms with E-state index in [9.17, 15) is 13.2 Å². The van der Waals surface area contributed by atoms with Crippen LogP contribution in [0.1, 0.15) is 24.0 Å². The molecule has 7 nitrogen and oxygen atoms in total. The lowest BCUT2D eigenvalue weighted by molar-refractivity contribution is -0.126. The molecule has 1 N–H and O–H groups in total. The summed E-state index contributed by atoms with van der Waals surface area (Å²) in [4.78, 5) is 12.8. The number of piperidine rings is 1. The summed E-state index contributed by atoms with van der Waals surface area (Å²) in [7, 11) is -0.411. The summed E-state index contributed by atoms with van der Waals surface area (Å²) in [6.45, 7) is 3.03. The number of aryl methyl sites for hydroxylation is 1. The zero-order valence-electron chi connectivity index (χ0n) is 17.6. The third-order valence-corrected chi connectivity index (χ3v) is 7.37. The van der Waals surface area contributed by atoms with Crippen molar-refractivity contribution in [3.63, 3.8) is 0 Å². The summed E-state index contributed by atoms with van der Waals surface area (Å²) in [6, 6.07) is 12.2. The molecular formula is C22H28N2O5S. The number of hydrogen-bond donors (Lipinski definition) is 1. The lowest BCUT2D eigenvalue weighted by Crippen LogP contribution is -2.42. The fourth-order valence-corrected chi connectivity index (χ4v) is 5.03. The number of rotatable bonds is 7. The normalized spacial score (nSPS) is 15.6. The molecule has 1 aliphatic rings. The summed E-state index contributed by atoms with van der Waals surface area (Å²) >= 11 is 0. The highest BCUT2D eigenvalue weighted by Crippen LogP contribution is 2.25. The van der Waals surface area contributed by atoms with E-state index in [1.807, 2.05) is 25.1 Å². The Balaban J connectivity index is 1.54. The molecule has 30 heavy (non-hydrogen) atoms. The molecule has 2 aromatic rings. The summed E-state index contributed by atoms with van der Waals surface area (Å²) in [5.41, 5.74) is 2.00. The van der Waals surface area contributed by atoms with Crippen molar-refractivity contribution in [3.8, 4) is 11.5 Å². The van der Waals surface area contributed by atoms with Gasteiger partial charge in [0.15, 0.2) is 0 Å². The number of carbonyl (C=O) groups is 1. The van der Waals surface area contributed by atoms with E-state index < -0.39 is 10.0 Å². The highest BCUT2D eigenvalue weighted by Gasteiger charge is 2.32. The van der Waals surface area contributed by atoms with Gasteiger partial charge in [-0.05, 0) is 61.2 Å². The molecule has 0 aromatic heterocycles. The zero-order chi connectivity index (χ0) is 21.7. The molecule has 162 valence electrons. The molecule has 0 aliphatic carbocycles. The molecule has 1 fully saturated rings. The standard InChI is InChI=1S/C22H28N2O5S/c1-16-4-5-17(14-21(16)29-3)15-23-22(25)18-10-12-24(13-11-18)30(26,27)20-8-6-19(28-2)7-9-20/h4-9,14,18H,10-13,15H2,1-3H3,(H,23,25). The van der Waals surface area contributed by atoms with Crippen molar-refractivity contribution >= 4 is 15.9 Å². The van der Waals surface area contributed by atoms with Gasteiger partial charge in [-0.2, -0.15) is 4.31 Å². The number of benzene rings is 2. The maximum Gasteiger partial charge on any atom is 0.243 e. The molecule has 1 heterocycles. The third kappa shape index (κ3) is 4.94. The van der Waals surface area contributed by atoms with Crippen LogP contribution in [0.5, 0.6) is 11.5 Å². The van der Waals surface area contributed by atoms with Crippen LogP contribution in [0, 0.1) is 12.8 Å². The van der Waals surface area contributed by atoms with E-state index in [0.29, 0.717) is 38.2 Å². The van der Waals surface area contributed by atoms with Crippen LogP contribution in [0.15, 0.2) is 47.4 Å². The Kier molecular flexibility index (Phi) is 6.99. The molecule has 0 saturated carbocycles. The van der Waals surface area contributed by atoms with Gasteiger partial charge in [-0.1, -0.05) is 12.1 Å². The molecule has 0 atom stereocenters. The molecule has 3 rings (SSSR count). The molecule has 8 heteroatoms. The quantitative estimate of drug-likeness (QED) is 0.727. The highest BCUT2D eigenvalue weighted by molar-refractivity contribution is 7.89. The molecule has 0 bridgehead atoms. The number of nitrogens with one attached hydrogen (secondary N) is 1. The first kappa shape index (κ1) is 22.1. The second-order valence-electron chi connectivity index (χ2n) is 7.38. The van der Waals surface area contributed by atoms with Crippen molar-refractivity contribution in [2.24, 2.45) is 5.92 Å². The Morgan fingerprint density at radius 2 is 1.73 bits per heavy atom. The van der Waals surface area contributed by atoms with Gasteiger partial charge in [-0.15, -0.1) is 0 Å². The molecule has 1 amide bonds. The molecule has 2 aromatic carbocycles. The van der Waals surface area contributed by atoms with Gasteiger partial charge in [-0.3, -0.25) is 4.79 Å². The number of nitrogens with zero attached hydrogens (tertiary/aromatic N) is 1. The van der Waals surface area contributed by atoms with E-state index >= 15 is 0 Å². The van der Waals surface area contributed by atoms with Crippen LogP contribution in [-0.2, 0) is 21.4 Å². The maximum absolute atomic E-state index is 12.8. The lowest BCUT2D eigenvalue weighted by Gasteiger charge is -2.30. The summed E-state index contributed by atoms with van der Waals surface area (Å²) in [5, 5.41) is 2.96. The van der Waals surface area contributed by atoms with Gasteiger partial charge in [0, 0.05) is 25.6 Å². The number of ether oxygens (including phenoxy) is 2. The average molecular weight is 433 g/mol. The molecule has 0 radical (unpaired) electrons. The smallest absolute Gasteiger partial charge is 0.243 e. The predicted molar refractivity (Wildman–Crippen MR) is 114 cm³/mol. The van der Waals surface area contributed by atoms with Crippen LogP contribution in [0.3, 0.4) is 0 Å². The first-order chi connectivity index (χ1) is 14.3. The van der Waals surface area contributed by atoms with Gasteiger partial charge in [0.25, 0.3) is 0 Å². The first-order valence-corrected chi connectivity index (χ1v) is 11.3.